The van der Waals surface area contributed by atoms with Gasteiger partial charge in [0.1, 0.15) is 12.6 Å². The molecule has 28 heavy (non-hydrogen) atoms. The Bertz CT molecular complexity index is 856. The zero-order chi connectivity index (χ0) is 20.1. The predicted octanol–water partition coefficient (Wildman–Crippen LogP) is 2.67. The second-order valence-corrected chi connectivity index (χ2v) is 7.10. The largest absolute Gasteiger partial charge is 0.465 e. The first-order valence-corrected chi connectivity index (χ1v) is 8.96. The summed E-state index contributed by atoms with van der Waals surface area (Å²) in [5.74, 6) is -0.935. The molecule has 1 aliphatic rings. The lowest BCUT2D eigenvalue weighted by atomic mass is 9.97. The molecular weight excluding hydrogens is 360 g/mol. The number of hydrogen-bond acceptors (Lipinski definition) is 4. The highest BCUT2D eigenvalue weighted by Gasteiger charge is 2.48. The lowest BCUT2D eigenvalue weighted by Crippen LogP contribution is -2.48. The minimum atomic E-state index is -1.22. The van der Waals surface area contributed by atoms with Crippen LogP contribution >= 0.6 is 0 Å². The van der Waals surface area contributed by atoms with Crippen LogP contribution in [0.3, 0.4) is 0 Å². The first-order valence-electron chi connectivity index (χ1n) is 8.96. The van der Waals surface area contributed by atoms with Crippen molar-refractivity contribution in [3.63, 3.8) is 0 Å². The number of rotatable bonds is 5. The second-order valence-electron chi connectivity index (χ2n) is 7.10. The van der Waals surface area contributed by atoms with Crippen LogP contribution in [0.4, 0.5) is 4.79 Å². The van der Waals surface area contributed by atoms with Gasteiger partial charge >= 0.3 is 12.1 Å². The van der Waals surface area contributed by atoms with Crippen LogP contribution in [0, 0.1) is 0 Å². The number of amides is 2. The number of carbonyl (C=O) groups is 3. The highest BCUT2D eigenvalue weighted by molar-refractivity contribution is 5.95. The highest BCUT2D eigenvalue weighted by atomic mass is 16.5. The molecule has 2 amide bonds. The van der Waals surface area contributed by atoms with Crippen molar-refractivity contribution in [2.24, 2.45) is 0 Å². The van der Waals surface area contributed by atoms with Crippen LogP contribution in [-0.4, -0.2) is 46.1 Å². The van der Waals surface area contributed by atoms with Gasteiger partial charge in [-0.15, -0.1) is 0 Å². The van der Waals surface area contributed by atoms with E-state index in [1.807, 2.05) is 30.3 Å². The predicted molar refractivity (Wildman–Crippen MR) is 102 cm³/mol. The molecule has 1 saturated heterocycles. The van der Waals surface area contributed by atoms with Gasteiger partial charge in [-0.2, -0.15) is 0 Å². The Morgan fingerprint density at radius 1 is 1.11 bits per heavy atom. The fourth-order valence-corrected chi connectivity index (χ4v) is 3.35. The Balaban J connectivity index is 1.68. The average Bonchev–Trinajstić information content (AvgIpc) is 3.05. The third-order valence-electron chi connectivity index (χ3n) is 4.73. The van der Waals surface area contributed by atoms with Gasteiger partial charge in [0, 0.05) is 18.5 Å². The van der Waals surface area contributed by atoms with Crippen LogP contribution in [0.5, 0.6) is 0 Å². The first kappa shape index (κ1) is 19.4. The van der Waals surface area contributed by atoms with Gasteiger partial charge in [0.05, 0.1) is 5.54 Å². The number of nitrogens with one attached hydrogen (secondary N) is 1. The molecule has 146 valence electrons. The van der Waals surface area contributed by atoms with E-state index >= 15 is 0 Å². The average molecular weight is 382 g/mol. The van der Waals surface area contributed by atoms with Crippen molar-refractivity contribution in [2.75, 3.05) is 6.54 Å². The molecule has 1 heterocycles. The van der Waals surface area contributed by atoms with Crippen molar-refractivity contribution in [3.8, 4) is 0 Å². The topological polar surface area (TPSA) is 95.9 Å². The number of carbonyl (C=O) groups excluding carboxylic acids is 2. The molecule has 7 heteroatoms. The molecule has 0 radical (unpaired) electrons. The standard InChI is InChI=1S/C21H22N2O5/c1-21(22-18(24)16-10-6-3-7-11-16)12-17(23(14-21)20(26)27)19(25)28-13-15-8-4-2-5-9-15/h2-11,17H,12-14H2,1H3,(H,22,24)(H,26,27). The monoisotopic (exact) mass is 382 g/mol. The highest BCUT2D eigenvalue weighted by Crippen LogP contribution is 2.28. The van der Waals surface area contributed by atoms with Crippen LogP contribution in [0.25, 0.3) is 0 Å². The van der Waals surface area contributed by atoms with Gasteiger partial charge in [-0.05, 0) is 24.6 Å². The fourth-order valence-electron chi connectivity index (χ4n) is 3.35. The minimum absolute atomic E-state index is 0.00596. The number of carboxylic acid groups (broad SMARTS) is 1. The number of esters is 1. The molecule has 1 aliphatic heterocycles. The minimum Gasteiger partial charge on any atom is -0.465 e. The zero-order valence-electron chi connectivity index (χ0n) is 15.5. The second kappa shape index (κ2) is 8.12. The molecule has 7 nitrogen and oxygen atoms in total. The van der Waals surface area contributed by atoms with Crippen molar-refractivity contribution in [3.05, 3.63) is 71.8 Å². The van der Waals surface area contributed by atoms with Gasteiger partial charge in [0.2, 0.25) is 0 Å². The molecule has 1 fully saturated rings. The summed E-state index contributed by atoms with van der Waals surface area (Å²) < 4.78 is 5.32. The summed E-state index contributed by atoms with van der Waals surface area (Å²) in [6.07, 6.45) is -1.08. The van der Waals surface area contributed by atoms with E-state index in [0.29, 0.717) is 5.56 Å². The molecule has 2 aromatic rings. The molecular formula is C21H22N2O5. The lowest BCUT2D eigenvalue weighted by molar-refractivity contribution is -0.149. The Hall–Kier alpha value is -3.35. The molecule has 2 unspecified atom stereocenters. The number of benzene rings is 2. The normalized spacial score (nSPS) is 21.2. The van der Waals surface area contributed by atoms with Gasteiger partial charge in [-0.1, -0.05) is 48.5 Å². The van der Waals surface area contributed by atoms with Gasteiger partial charge in [0.15, 0.2) is 0 Å². The van der Waals surface area contributed by atoms with Gasteiger partial charge in [0.25, 0.3) is 5.91 Å². The van der Waals surface area contributed by atoms with E-state index in [-0.39, 0.29) is 25.5 Å². The van der Waals surface area contributed by atoms with Crippen molar-refractivity contribution in [1.82, 2.24) is 10.2 Å². The van der Waals surface area contributed by atoms with Gasteiger partial charge in [-0.25, -0.2) is 9.59 Å². The third-order valence-corrected chi connectivity index (χ3v) is 4.73. The Kier molecular flexibility index (Phi) is 5.63. The van der Waals surface area contributed by atoms with Crippen molar-refractivity contribution in [2.45, 2.75) is 31.5 Å². The van der Waals surface area contributed by atoms with E-state index in [1.54, 1.807) is 37.3 Å². The number of ether oxygens (including phenoxy) is 1. The Morgan fingerprint density at radius 3 is 2.32 bits per heavy atom. The molecule has 2 N–H and O–H groups in total. The molecule has 2 aromatic carbocycles. The van der Waals surface area contributed by atoms with Crippen molar-refractivity contribution >= 4 is 18.0 Å². The zero-order valence-corrected chi connectivity index (χ0v) is 15.5. The number of nitrogens with zero attached hydrogens (tertiary/aromatic N) is 1. The van der Waals surface area contributed by atoms with E-state index in [9.17, 15) is 19.5 Å². The van der Waals surface area contributed by atoms with Crippen LogP contribution in [0.2, 0.25) is 0 Å². The Labute approximate surface area is 162 Å². The van der Waals surface area contributed by atoms with Crippen molar-refractivity contribution in [1.29, 1.82) is 0 Å². The fraction of sp³-hybridized carbons (Fsp3) is 0.286. The van der Waals surface area contributed by atoms with Gasteiger partial charge in [-0.3, -0.25) is 9.69 Å². The molecule has 0 saturated carbocycles. The van der Waals surface area contributed by atoms with E-state index in [1.165, 1.54) is 0 Å². The first-order chi connectivity index (χ1) is 13.4. The third kappa shape index (κ3) is 4.49. The molecule has 0 bridgehead atoms. The van der Waals surface area contributed by atoms with E-state index in [4.69, 9.17) is 4.74 Å². The van der Waals surface area contributed by atoms with Crippen LogP contribution < -0.4 is 5.32 Å². The quantitative estimate of drug-likeness (QED) is 0.775. The summed E-state index contributed by atoms with van der Waals surface area (Å²) in [7, 11) is 0. The lowest BCUT2D eigenvalue weighted by Gasteiger charge is -2.25. The molecule has 0 spiro atoms. The van der Waals surface area contributed by atoms with E-state index in [0.717, 1.165) is 10.5 Å². The maximum atomic E-state index is 12.5. The smallest absolute Gasteiger partial charge is 0.408 e. The Morgan fingerprint density at radius 2 is 1.71 bits per heavy atom. The molecule has 0 aliphatic carbocycles. The number of likely N-dealkylation sites (tertiary alicyclic amines) is 1. The summed E-state index contributed by atoms with van der Waals surface area (Å²) in [6, 6.07) is 16.8. The molecule has 3 rings (SSSR count). The van der Waals surface area contributed by atoms with Crippen LogP contribution in [-0.2, 0) is 16.1 Å². The maximum Gasteiger partial charge on any atom is 0.408 e. The summed E-state index contributed by atoms with van der Waals surface area (Å²) in [5, 5.41) is 12.4. The summed E-state index contributed by atoms with van der Waals surface area (Å²) >= 11 is 0. The van der Waals surface area contributed by atoms with E-state index in [2.05, 4.69) is 5.32 Å². The van der Waals surface area contributed by atoms with Crippen LogP contribution in [0.1, 0.15) is 29.3 Å². The van der Waals surface area contributed by atoms with Gasteiger partial charge < -0.3 is 15.2 Å². The SMILES string of the molecule is CC1(NC(=O)c2ccccc2)CC(C(=O)OCc2ccccc2)N(C(=O)O)C1. The summed E-state index contributed by atoms with van der Waals surface area (Å²) in [4.78, 5) is 37.7. The summed E-state index contributed by atoms with van der Waals surface area (Å²) in [5.41, 5.74) is 0.415. The van der Waals surface area contributed by atoms with Crippen LogP contribution in [0.15, 0.2) is 60.7 Å². The van der Waals surface area contributed by atoms with E-state index < -0.39 is 23.6 Å². The maximum absolute atomic E-state index is 12.5. The summed E-state index contributed by atoms with van der Waals surface area (Å²) in [6.45, 7) is 1.80. The molecule has 2 atom stereocenters. The van der Waals surface area contributed by atoms with Crippen molar-refractivity contribution < 1.29 is 24.2 Å². The molecule has 0 aromatic heterocycles. The number of hydrogen-bond donors (Lipinski definition) is 2.